The monoisotopic (exact) mass is 582 g/mol. The number of esters is 1. The van der Waals surface area contributed by atoms with Crippen molar-refractivity contribution in [3.63, 3.8) is 0 Å². The standard InChI is InChI=1S/C33H27ClN2O6/c1-18-9-14-22-24(15-18)32(40)36(31(22)39)20-12-10-19(11-13-20)27-16-25(21-6-4-7-26(34)30(21)35-27)33(41)42-17-29(38)23-5-2-3-8-28(23)37/h2-8,10-13,16,18,22,24,37H,9,14-15,17H2,1H3. The van der Waals surface area contributed by atoms with E-state index in [0.717, 1.165) is 19.3 Å². The molecule has 9 heteroatoms. The number of hydrogen-bond donors (Lipinski definition) is 1. The van der Waals surface area contributed by atoms with Crippen molar-refractivity contribution in [2.45, 2.75) is 26.2 Å². The van der Waals surface area contributed by atoms with Gasteiger partial charge in [-0.25, -0.2) is 9.78 Å². The molecule has 212 valence electrons. The molecule has 4 aromatic rings. The number of amides is 2. The molecule has 2 aliphatic rings. The normalized spacial score (nSPS) is 20.0. The Labute approximate surface area is 246 Å². The van der Waals surface area contributed by atoms with E-state index in [2.05, 4.69) is 11.9 Å². The first-order valence-corrected chi connectivity index (χ1v) is 14.2. The number of hydrogen-bond acceptors (Lipinski definition) is 7. The average Bonchev–Trinajstić information content (AvgIpc) is 3.24. The summed E-state index contributed by atoms with van der Waals surface area (Å²) in [5.41, 5.74) is 2.14. The van der Waals surface area contributed by atoms with Crippen molar-refractivity contribution in [1.29, 1.82) is 0 Å². The van der Waals surface area contributed by atoms with Crippen LogP contribution in [0.3, 0.4) is 0 Å². The Balaban J connectivity index is 1.29. The fourth-order valence-electron chi connectivity index (χ4n) is 5.95. The molecule has 1 saturated carbocycles. The number of ether oxygens (including phenoxy) is 1. The van der Waals surface area contributed by atoms with Gasteiger partial charge in [0.25, 0.3) is 0 Å². The number of phenolic OH excluding ortho intramolecular Hbond substituents is 1. The van der Waals surface area contributed by atoms with Gasteiger partial charge in [-0.15, -0.1) is 0 Å². The highest BCUT2D eigenvalue weighted by Crippen LogP contribution is 2.42. The first kappa shape index (κ1) is 27.6. The summed E-state index contributed by atoms with van der Waals surface area (Å²) >= 11 is 6.45. The number of aromatic hydroxyl groups is 1. The summed E-state index contributed by atoms with van der Waals surface area (Å²) in [7, 11) is 0. The number of benzene rings is 3. The SMILES string of the molecule is CC1CCC2C(=O)N(c3ccc(-c4cc(C(=O)OCC(=O)c5ccccc5O)c5cccc(Cl)c5n4)cc3)C(=O)C2C1. The maximum absolute atomic E-state index is 13.2. The second kappa shape index (κ2) is 11.0. The maximum Gasteiger partial charge on any atom is 0.339 e. The van der Waals surface area contributed by atoms with E-state index >= 15 is 0 Å². The third-order valence-electron chi connectivity index (χ3n) is 8.16. The van der Waals surface area contributed by atoms with Crippen molar-refractivity contribution in [3.8, 4) is 17.0 Å². The number of ketones is 1. The van der Waals surface area contributed by atoms with Crippen LogP contribution in [-0.2, 0) is 14.3 Å². The van der Waals surface area contributed by atoms with Crippen LogP contribution in [-0.4, -0.2) is 40.3 Å². The van der Waals surface area contributed by atoms with Gasteiger partial charge in [0.15, 0.2) is 6.61 Å². The fraction of sp³-hybridized carbons (Fsp3) is 0.242. The Morgan fingerprint density at radius 3 is 2.45 bits per heavy atom. The van der Waals surface area contributed by atoms with Crippen LogP contribution in [0.1, 0.15) is 46.9 Å². The molecule has 3 atom stereocenters. The van der Waals surface area contributed by atoms with Gasteiger partial charge in [-0.05, 0) is 61.6 Å². The average molecular weight is 583 g/mol. The number of nitrogens with zero attached hydrogens (tertiary/aromatic N) is 2. The Kier molecular flexibility index (Phi) is 7.24. The number of pyridine rings is 1. The lowest BCUT2D eigenvalue weighted by Crippen LogP contribution is -2.30. The highest BCUT2D eigenvalue weighted by Gasteiger charge is 2.49. The van der Waals surface area contributed by atoms with E-state index in [1.54, 1.807) is 60.7 Å². The van der Waals surface area contributed by atoms with E-state index in [1.807, 2.05) is 0 Å². The zero-order valence-corrected chi connectivity index (χ0v) is 23.5. The number of imide groups is 1. The molecule has 3 unspecified atom stereocenters. The van der Waals surface area contributed by atoms with Crippen LogP contribution in [0.4, 0.5) is 5.69 Å². The predicted octanol–water partition coefficient (Wildman–Crippen LogP) is 6.23. The summed E-state index contributed by atoms with van der Waals surface area (Å²) in [4.78, 5) is 58.1. The largest absolute Gasteiger partial charge is 0.507 e. The maximum atomic E-state index is 13.2. The van der Waals surface area contributed by atoms with Gasteiger partial charge in [0, 0.05) is 10.9 Å². The van der Waals surface area contributed by atoms with Crippen molar-refractivity contribution in [1.82, 2.24) is 4.98 Å². The predicted molar refractivity (Wildman–Crippen MR) is 157 cm³/mol. The topological polar surface area (TPSA) is 114 Å². The molecule has 42 heavy (non-hydrogen) atoms. The van der Waals surface area contributed by atoms with E-state index < -0.39 is 18.4 Å². The molecule has 1 aromatic heterocycles. The second-order valence-electron chi connectivity index (χ2n) is 10.9. The zero-order chi connectivity index (χ0) is 29.5. The van der Waals surface area contributed by atoms with E-state index in [9.17, 15) is 24.3 Å². The van der Waals surface area contributed by atoms with Gasteiger partial charge < -0.3 is 9.84 Å². The lowest BCUT2D eigenvalue weighted by Gasteiger charge is -2.25. The van der Waals surface area contributed by atoms with Crippen molar-refractivity contribution in [2.24, 2.45) is 17.8 Å². The number of phenols is 1. The van der Waals surface area contributed by atoms with Crippen LogP contribution in [0.5, 0.6) is 5.75 Å². The molecule has 3 aromatic carbocycles. The van der Waals surface area contributed by atoms with Gasteiger partial charge in [0.2, 0.25) is 17.6 Å². The number of para-hydroxylation sites is 2. The minimum absolute atomic E-state index is 0.0532. The summed E-state index contributed by atoms with van der Waals surface area (Å²) in [6.07, 6.45) is 2.39. The van der Waals surface area contributed by atoms with Gasteiger partial charge >= 0.3 is 5.97 Å². The summed E-state index contributed by atoms with van der Waals surface area (Å²) < 4.78 is 5.35. The number of aromatic nitrogens is 1. The Morgan fingerprint density at radius 1 is 0.952 bits per heavy atom. The van der Waals surface area contributed by atoms with Crippen LogP contribution in [0.15, 0.2) is 72.8 Å². The molecule has 1 aliphatic carbocycles. The number of Topliss-reactive ketones (excluding diaryl/α,β-unsaturated/α-hetero) is 1. The number of halogens is 1. The smallest absolute Gasteiger partial charge is 0.339 e. The van der Waals surface area contributed by atoms with Crippen molar-refractivity contribution in [2.75, 3.05) is 11.5 Å². The number of carbonyl (C=O) groups is 4. The van der Waals surface area contributed by atoms with Gasteiger partial charge in [0.1, 0.15) is 5.75 Å². The van der Waals surface area contributed by atoms with Gasteiger partial charge in [0.05, 0.1) is 44.9 Å². The van der Waals surface area contributed by atoms with Gasteiger partial charge in [-0.2, -0.15) is 0 Å². The Bertz CT molecular complexity index is 1750. The quantitative estimate of drug-likeness (QED) is 0.163. The molecule has 1 aliphatic heterocycles. The van der Waals surface area contributed by atoms with Crippen LogP contribution < -0.4 is 4.90 Å². The van der Waals surface area contributed by atoms with Crippen LogP contribution in [0, 0.1) is 17.8 Å². The van der Waals surface area contributed by atoms with Crippen molar-refractivity contribution < 1.29 is 29.0 Å². The molecule has 8 nitrogen and oxygen atoms in total. The number of anilines is 1. The highest BCUT2D eigenvalue weighted by molar-refractivity contribution is 6.35. The summed E-state index contributed by atoms with van der Waals surface area (Å²) in [5, 5.41) is 10.7. The molecule has 2 amide bonds. The molecular weight excluding hydrogens is 556 g/mol. The second-order valence-corrected chi connectivity index (χ2v) is 11.3. The number of carbonyl (C=O) groups excluding carboxylic acids is 4. The van der Waals surface area contributed by atoms with Crippen LogP contribution in [0.2, 0.25) is 5.02 Å². The molecule has 1 saturated heterocycles. The fourth-order valence-corrected chi connectivity index (χ4v) is 6.17. The van der Waals surface area contributed by atoms with Crippen LogP contribution >= 0.6 is 11.6 Å². The molecular formula is C33H27ClN2O6. The van der Waals surface area contributed by atoms with E-state index in [4.69, 9.17) is 16.3 Å². The number of rotatable bonds is 6. The third kappa shape index (κ3) is 4.92. The highest BCUT2D eigenvalue weighted by atomic mass is 35.5. The lowest BCUT2D eigenvalue weighted by molar-refractivity contribution is -0.122. The summed E-state index contributed by atoms with van der Waals surface area (Å²) in [5.74, 6) is -1.91. The minimum atomic E-state index is -0.753. The van der Waals surface area contributed by atoms with E-state index in [-0.39, 0.29) is 40.5 Å². The number of fused-ring (bicyclic) bond motifs is 2. The molecule has 0 bridgehead atoms. The zero-order valence-electron chi connectivity index (χ0n) is 22.7. The molecule has 2 heterocycles. The first-order valence-electron chi connectivity index (χ1n) is 13.8. The third-order valence-corrected chi connectivity index (χ3v) is 8.46. The minimum Gasteiger partial charge on any atom is -0.507 e. The van der Waals surface area contributed by atoms with Crippen molar-refractivity contribution >= 4 is 51.8 Å². The van der Waals surface area contributed by atoms with Gasteiger partial charge in [-0.3, -0.25) is 19.3 Å². The van der Waals surface area contributed by atoms with Gasteiger partial charge in [-0.1, -0.05) is 54.9 Å². The van der Waals surface area contributed by atoms with E-state index in [0.29, 0.717) is 38.8 Å². The molecule has 2 fully saturated rings. The lowest BCUT2D eigenvalue weighted by atomic mass is 9.76. The Morgan fingerprint density at radius 2 is 1.69 bits per heavy atom. The first-order chi connectivity index (χ1) is 20.2. The molecule has 1 N–H and O–H groups in total. The van der Waals surface area contributed by atoms with Crippen LogP contribution in [0.25, 0.3) is 22.2 Å². The summed E-state index contributed by atoms with van der Waals surface area (Å²) in [6.45, 7) is 1.55. The van der Waals surface area contributed by atoms with E-state index in [1.165, 1.54) is 17.0 Å². The van der Waals surface area contributed by atoms with Crippen molar-refractivity contribution in [3.05, 3.63) is 88.9 Å². The molecule has 0 spiro atoms. The summed E-state index contributed by atoms with van der Waals surface area (Å²) in [6, 6.07) is 19.5. The molecule has 6 rings (SSSR count). The Hall–Kier alpha value is -4.56. The molecule has 0 radical (unpaired) electrons.